The van der Waals surface area contributed by atoms with Crippen LogP contribution in [0.3, 0.4) is 0 Å². The second-order valence-corrected chi connectivity index (χ2v) is 9.48. The summed E-state index contributed by atoms with van der Waals surface area (Å²) < 4.78 is 5.29. The molecule has 0 saturated carbocycles. The number of methoxy groups -OCH3 is 1. The lowest BCUT2D eigenvalue weighted by atomic mass is 9.89. The van der Waals surface area contributed by atoms with E-state index in [0.29, 0.717) is 31.8 Å². The topological polar surface area (TPSA) is 101 Å². The maximum atomic E-state index is 13.6. The summed E-state index contributed by atoms with van der Waals surface area (Å²) in [4.78, 5) is 38.5. The fourth-order valence-corrected chi connectivity index (χ4v) is 4.95. The molecule has 2 atom stereocenters. The third-order valence-electron chi connectivity index (χ3n) is 6.93. The van der Waals surface area contributed by atoms with E-state index in [9.17, 15) is 9.59 Å². The molecule has 2 N–H and O–H groups in total. The number of hydrogen-bond donors (Lipinski definition) is 1. The number of rotatable bonds is 7. The molecule has 3 aromatic rings. The highest BCUT2D eigenvalue weighted by Gasteiger charge is 2.46. The Kier molecular flexibility index (Phi) is 6.18. The highest BCUT2D eigenvalue weighted by molar-refractivity contribution is 6.07. The van der Waals surface area contributed by atoms with E-state index in [1.165, 1.54) is 4.90 Å². The first-order valence-corrected chi connectivity index (χ1v) is 12.0. The maximum absolute atomic E-state index is 13.6. The Hall–Kier alpha value is -4.20. The van der Waals surface area contributed by atoms with Gasteiger partial charge in [-0.3, -0.25) is 19.5 Å². The molecule has 0 bridgehead atoms. The number of pyridine rings is 1. The molecular formula is C28H29N5O3. The van der Waals surface area contributed by atoms with Gasteiger partial charge in [0.1, 0.15) is 5.75 Å². The van der Waals surface area contributed by atoms with E-state index in [2.05, 4.69) is 9.98 Å². The summed E-state index contributed by atoms with van der Waals surface area (Å²) in [6.45, 7) is 3.30. The number of carbonyl (C=O) groups is 2. The molecule has 0 radical (unpaired) electrons. The van der Waals surface area contributed by atoms with Gasteiger partial charge >= 0.3 is 0 Å². The summed E-state index contributed by atoms with van der Waals surface area (Å²) in [5, 5.41) is 0. The van der Waals surface area contributed by atoms with Crippen molar-refractivity contribution in [1.82, 2.24) is 14.8 Å². The number of ether oxygens (including phenoxy) is 1. The van der Waals surface area contributed by atoms with E-state index in [1.54, 1.807) is 26.4 Å². The van der Waals surface area contributed by atoms with Gasteiger partial charge in [0.25, 0.3) is 5.91 Å². The summed E-state index contributed by atoms with van der Waals surface area (Å²) in [5.74, 6) is 0.741. The van der Waals surface area contributed by atoms with Gasteiger partial charge in [-0.05, 0) is 35.7 Å². The summed E-state index contributed by atoms with van der Waals surface area (Å²) >= 11 is 0. The van der Waals surface area contributed by atoms with Crippen LogP contribution in [-0.2, 0) is 21.7 Å². The molecule has 2 amide bonds. The van der Waals surface area contributed by atoms with E-state index in [0.717, 1.165) is 22.3 Å². The molecule has 0 aliphatic carbocycles. The largest absolute Gasteiger partial charge is 0.495 e. The average Bonchev–Trinajstić information content (AvgIpc) is 3.35. The molecule has 36 heavy (non-hydrogen) atoms. The van der Waals surface area contributed by atoms with E-state index in [1.807, 2.05) is 65.6 Å². The molecule has 184 valence electrons. The van der Waals surface area contributed by atoms with Crippen LogP contribution in [-0.4, -0.2) is 52.8 Å². The minimum atomic E-state index is -1.14. The Morgan fingerprint density at radius 2 is 1.86 bits per heavy atom. The number of carbonyl (C=O) groups excluding carboxylic acids is 2. The van der Waals surface area contributed by atoms with Crippen molar-refractivity contribution in [3.8, 4) is 16.9 Å². The SMILES string of the molecule is COc1cncc(-c2cccc(C3(C)N=C(N)N(CC4CC(=O)N(Cc5ccccc5)C4)C3=O)c2)c1. The molecule has 1 fully saturated rings. The van der Waals surface area contributed by atoms with Crippen LogP contribution in [0.15, 0.2) is 78.0 Å². The number of aliphatic imine (C=N–C) groups is 1. The second kappa shape index (κ2) is 9.45. The van der Waals surface area contributed by atoms with Crippen molar-refractivity contribution in [2.75, 3.05) is 20.2 Å². The summed E-state index contributed by atoms with van der Waals surface area (Å²) in [6, 6.07) is 19.5. The first-order valence-electron chi connectivity index (χ1n) is 12.0. The molecule has 1 saturated heterocycles. The second-order valence-electron chi connectivity index (χ2n) is 9.48. The molecular weight excluding hydrogens is 454 g/mol. The molecule has 0 spiro atoms. The molecule has 8 heteroatoms. The van der Waals surface area contributed by atoms with Crippen molar-refractivity contribution >= 4 is 17.8 Å². The van der Waals surface area contributed by atoms with Crippen molar-refractivity contribution in [2.24, 2.45) is 16.6 Å². The molecule has 5 rings (SSSR count). The molecule has 2 unspecified atom stereocenters. The number of hydrogen-bond acceptors (Lipinski definition) is 6. The van der Waals surface area contributed by atoms with Crippen LogP contribution in [0.1, 0.15) is 24.5 Å². The van der Waals surface area contributed by atoms with Crippen LogP contribution < -0.4 is 10.5 Å². The summed E-state index contributed by atoms with van der Waals surface area (Å²) in [5.41, 5.74) is 8.74. The van der Waals surface area contributed by atoms with Gasteiger partial charge in [-0.15, -0.1) is 0 Å². The predicted octanol–water partition coefficient (Wildman–Crippen LogP) is 3.18. The number of aromatic nitrogens is 1. The first-order chi connectivity index (χ1) is 17.4. The third-order valence-corrected chi connectivity index (χ3v) is 6.93. The van der Waals surface area contributed by atoms with Crippen molar-refractivity contribution in [2.45, 2.75) is 25.4 Å². The van der Waals surface area contributed by atoms with Crippen LogP contribution in [0.4, 0.5) is 0 Å². The van der Waals surface area contributed by atoms with E-state index in [4.69, 9.17) is 10.5 Å². The first kappa shape index (κ1) is 23.5. The lowest BCUT2D eigenvalue weighted by Crippen LogP contribution is -2.44. The Morgan fingerprint density at radius 1 is 1.06 bits per heavy atom. The number of nitrogens with zero attached hydrogens (tertiary/aromatic N) is 4. The van der Waals surface area contributed by atoms with Gasteiger partial charge in [-0.25, -0.2) is 4.99 Å². The van der Waals surface area contributed by atoms with Crippen LogP contribution >= 0.6 is 0 Å². The van der Waals surface area contributed by atoms with Gasteiger partial charge in [0.05, 0.1) is 13.3 Å². The Labute approximate surface area is 210 Å². The summed E-state index contributed by atoms with van der Waals surface area (Å²) in [6.07, 6.45) is 3.79. The van der Waals surface area contributed by atoms with Gasteiger partial charge in [-0.1, -0.05) is 48.5 Å². The maximum Gasteiger partial charge on any atom is 0.261 e. The lowest BCUT2D eigenvalue weighted by Gasteiger charge is -2.25. The van der Waals surface area contributed by atoms with Crippen LogP contribution in [0.2, 0.25) is 0 Å². The zero-order chi connectivity index (χ0) is 25.3. The minimum Gasteiger partial charge on any atom is -0.495 e. The Balaban J connectivity index is 1.32. The van der Waals surface area contributed by atoms with Crippen molar-refractivity contribution in [3.05, 3.63) is 84.2 Å². The third kappa shape index (κ3) is 4.42. The molecule has 2 aliphatic rings. The standard InChI is InChI=1S/C28H29N5O3/c1-28(23-10-6-9-21(12-23)22-13-24(36-2)15-30-14-22)26(35)33(27(29)31-28)18-20-11-25(34)32(17-20)16-19-7-4-3-5-8-19/h3-10,12-15,20H,11,16-18H2,1-2H3,(H2,29,31). The number of amides is 2. The monoisotopic (exact) mass is 483 g/mol. The smallest absolute Gasteiger partial charge is 0.261 e. The van der Waals surface area contributed by atoms with Gasteiger partial charge in [0, 0.05) is 43.7 Å². The average molecular weight is 484 g/mol. The predicted molar refractivity (Wildman–Crippen MR) is 137 cm³/mol. The Bertz CT molecular complexity index is 1330. The van der Waals surface area contributed by atoms with Crippen molar-refractivity contribution in [3.63, 3.8) is 0 Å². The van der Waals surface area contributed by atoms with Crippen LogP contribution in [0, 0.1) is 5.92 Å². The molecule has 2 aromatic carbocycles. The van der Waals surface area contributed by atoms with Gasteiger partial charge in [-0.2, -0.15) is 0 Å². The van der Waals surface area contributed by atoms with Crippen molar-refractivity contribution in [1.29, 1.82) is 0 Å². The van der Waals surface area contributed by atoms with Crippen LogP contribution in [0.5, 0.6) is 5.75 Å². The van der Waals surface area contributed by atoms with E-state index < -0.39 is 5.54 Å². The van der Waals surface area contributed by atoms with Gasteiger partial charge in [0.15, 0.2) is 11.5 Å². The number of benzene rings is 2. The molecule has 2 aliphatic heterocycles. The normalized spacial score (nSPS) is 21.7. The number of guanidine groups is 1. The highest BCUT2D eigenvalue weighted by Crippen LogP contribution is 2.36. The molecule has 3 heterocycles. The van der Waals surface area contributed by atoms with Gasteiger partial charge < -0.3 is 15.4 Å². The molecule has 8 nitrogen and oxygen atoms in total. The molecule has 1 aromatic heterocycles. The zero-order valence-corrected chi connectivity index (χ0v) is 20.4. The highest BCUT2D eigenvalue weighted by atomic mass is 16.5. The van der Waals surface area contributed by atoms with E-state index in [-0.39, 0.29) is 23.7 Å². The summed E-state index contributed by atoms with van der Waals surface area (Å²) in [7, 11) is 1.60. The minimum absolute atomic E-state index is 0.00421. The zero-order valence-electron chi connectivity index (χ0n) is 20.4. The van der Waals surface area contributed by atoms with Crippen molar-refractivity contribution < 1.29 is 14.3 Å². The fourth-order valence-electron chi connectivity index (χ4n) is 4.95. The number of likely N-dealkylation sites (tertiary alicyclic amines) is 1. The lowest BCUT2D eigenvalue weighted by molar-refractivity contribution is -0.131. The van der Waals surface area contributed by atoms with E-state index >= 15 is 0 Å². The Morgan fingerprint density at radius 3 is 2.64 bits per heavy atom. The number of nitrogens with two attached hydrogens (primary N) is 1. The van der Waals surface area contributed by atoms with Gasteiger partial charge in [0.2, 0.25) is 5.91 Å². The quantitative estimate of drug-likeness (QED) is 0.556. The van der Waals surface area contributed by atoms with Crippen LogP contribution in [0.25, 0.3) is 11.1 Å². The fraction of sp³-hybridized carbons (Fsp3) is 0.286.